The third-order valence-electron chi connectivity index (χ3n) is 2.96. The van der Waals surface area contributed by atoms with E-state index < -0.39 is 0 Å². The van der Waals surface area contributed by atoms with E-state index in [4.69, 9.17) is 0 Å². The van der Waals surface area contributed by atoms with Crippen LogP contribution < -0.4 is 0 Å². The zero-order valence-corrected chi connectivity index (χ0v) is 14.4. The molecule has 6 heteroatoms. The van der Waals surface area contributed by atoms with Gasteiger partial charge < -0.3 is 0 Å². The molecule has 3 rings (SSSR count). The van der Waals surface area contributed by atoms with Crippen LogP contribution in [0.1, 0.15) is 16.1 Å². The highest BCUT2D eigenvalue weighted by atomic mass is 127. The Morgan fingerprint density at radius 2 is 1.90 bits per heavy atom. The van der Waals surface area contributed by atoms with Crippen molar-refractivity contribution in [3.63, 3.8) is 0 Å². The summed E-state index contributed by atoms with van der Waals surface area (Å²) in [6.07, 6.45) is 1.49. The van der Waals surface area contributed by atoms with Gasteiger partial charge in [0.25, 0.3) is 0 Å². The van der Waals surface area contributed by atoms with Gasteiger partial charge in [-0.2, -0.15) is 0 Å². The molecular formula is C15H9BrIN3O. The molecule has 4 nitrogen and oxygen atoms in total. The Morgan fingerprint density at radius 1 is 1.14 bits per heavy atom. The lowest BCUT2D eigenvalue weighted by molar-refractivity contribution is 0.103. The van der Waals surface area contributed by atoms with Gasteiger partial charge in [0.05, 0.1) is 11.9 Å². The average Bonchev–Trinajstić information content (AvgIpc) is 2.99. The number of benzene rings is 2. The molecule has 0 unspecified atom stereocenters. The van der Waals surface area contributed by atoms with Gasteiger partial charge in [0.2, 0.25) is 5.78 Å². The molecule has 0 atom stereocenters. The molecule has 0 amide bonds. The van der Waals surface area contributed by atoms with E-state index in [2.05, 4.69) is 48.8 Å². The maximum Gasteiger partial charge on any atom is 0.214 e. The van der Waals surface area contributed by atoms with Crippen molar-refractivity contribution in [2.24, 2.45) is 0 Å². The van der Waals surface area contributed by atoms with Crippen molar-refractivity contribution < 1.29 is 4.79 Å². The lowest BCUT2D eigenvalue weighted by Gasteiger charge is -2.07. The van der Waals surface area contributed by atoms with E-state index in [1.807, 2.05) is 48.5 Å². The maximum absolute atomic E-state index is 12.7. The molecule has 3 aromatic rings. The third kappa shape index (κ3) is 2.91. The molecule has 0 saturated carbocycles. The zero-order chi connectivity index (χ0) is 14.8. The fourth-order valence-electron chi connectivity index (χ4n) is 1.96. The van der Waals surface area contributed by atoms with Gasteiger partial charge in [0, 0.05) is 13.6 Å². The topological polar surface area (TPSA) is 47.8 Å². The number of carbonyl (C=O) groups is 1. The molecule has 104 valence electrons. The highest BCUT2D eigenvalue weighted by Gasteiger charge is 2.19. The Morgan fingerprint density at radius 3 is 2.67 bits per heavy atom. The number of hydrogen-bond acceptors (Lipinski definition) is 3. The summed E-state index contributed by atoms with van der Waals surface area (Å²) in [5.41, 5.74) is 1.88. The van der Waals surface area contributed by atoms with Gasteiger partial charge >= 0.3 is 0 Å². The van der Waals surface area contributed by atoms with E-state index in [0.29, 0.717) is 11.3 Å². The summed E-state index contributed by atoms with van der Waals surface area (Å²) < 4.78 is 3.31. The first kappa shape index (κ1) is 14.4. The highest BCUT2D eigenvalue weighted by molar-refractivity contribution is 14.1. The quantitative estimate of drug-likeness (QED) is 0.446. The molecule has 2 aromatic carbocycles. The molecule has 0 bridgehead atoms. The molecular weight excluding hydrogens is 445 g/mol. The standard InChI is InChI=1S/C15H9BrIN3O/c16-10-6-7-13(17)12(8-10)15(21)14-9-18-19-20(14)11-4-2-1-3-5-11/h1-9H. The van der Waals surface area contributed by atoms with Gasteiger partial charge in [-0.1, -0.05) is 39.3 Å². The number of para-hydroxylation sites is 1. The third-order valence-corrected chi connectivity index (χ3v) is 4.39. The minimum absolute atomic E-state index is 0.102. The number of nitrogens with zero attached hydrogens (tertiary/aromatic N) is 3. The van der Waals surface area contributed by atoms with Crippen molar-refractivity contribution in [1.29, 1.82) is 0 Å². The second-order valence-corrected chi connectivity index (χ2v) is 6.40. The lowest BCUT2D eigenvalue weighted by Crippen LogP contribution is -2.11. The number of hydrogen-bond donors (Lipinski definition) is 0. The molecule has 0 saturated heterocycles. The van der Waals surface area contributed by atoms with Crippen molar-refractivity contribution in [3.8, 4) is 5.69 Å². The van der Waals surface area contributed by atoms with E-state index in [1.54, 1.807) is 4.68 Å². The number of halogens is 2. The summed E-state index contributed by atoms with van der Waals surface area (Å²) in [6, 6.07) is 15.1. The molecule has 0 N–H and O–H groups in total. The second-order valence-electron chi connectivity index (χ2n) is 4.32. The summed E-state index contributed by atoms with van der Waals surface area (Å²) in [5.74, 6) is -0.102. The summed E-state index contributed by atoms with van der Waals surface area (Å²) in [6.45, 7) is 0. The van der Waals surface area contributed by atoms with Gasteiger partial charge in [-0.15, -0.1) is 5.10 Å². The fraction of sp³-hybridized carbons (Fsp3) is 0. The minimum Gasteiger partial charge on any atom is -0.287 e. The molecule has 0 aliphatic carbocycles. The SMILES string of the molecule is O=C(c1cc(Br)ccc1I)c1cnnn1-c1ccccc1. The van der Waals surface area contributed by atoms with Crippen LogP contribution in [-0.4, -0.2) is 20.8 Å². The van der Waals surface area contributed by atoms with Crippen LogP contribution in [0.3, 0.4) is 0 Å². The van der Waals surface area contributed by atoms with Crippen LogP contribution in [0, 0.1) is 3.57 Å². The normalized spacial score (nSPS) is 10.6. The molecule has 21 heavy (non-hydrogen) atoms. The van der Waals surface area contributed by atoms with Gasteiger partial charge in [-0.05, 0) is 52.9 Å². The van der Waals surface area contributed by atoms with Crippen molar-refractivity contribution in [2.45, 2.75) is 0 Å². The van der Waals surface area contributed by atoms with Gasteiger partial charge in [-0.3, -0.25) is 4.79 Å². The Kier molecular flexibility index (Phi) is 4.16. The van der Waals surface area contributed by atoms with Crippen LogP contribution in [0.15, 0.2) is 59.2 Å². The summed E-state index contributed by atoms with van der Waals surface area (Å²) >= 11 is 5.55. The van der Waals surface area contributed by atoms with Crippen LogP contribution in [0.4, 0.5) is 0 Å². The van der Waals surface area contributed by atoms with E-state index in [1.165, 1.54) is 6.20 Å². The van der Waals surface area contributed by atoms with Crippen LogP contribution in [0.25, 0.3) is 5.69 Å². The van der Waals surface area contributed by atoms with E-state index in [-0.39, 0.29) is 5.78 Å². The first-order valence-electron chi connectivity index (χ1n) is 6.12. The number of rotatable bonds is 3. The first-order valence-corrected chi connectivity index (χ1v) is 8.00. The number of aromatic nitrogens is 3. The monoisotopic (exact) mass is 453 g/mol. The summed E-state index contributed by atoms with van der Waals surface area (Å²) in [7, 11) is 0. The van der Waals surface area contributed by atoms with Gasteiger partial charge in [0.15, 0.2) is 0 Å². The molecule has 0 spiro atoms. The average molecular weight is 454 g/mol. The van der Waals surface area contributed by atoms with Crippen LogP contribution in [-0.2, 0) is 0 Å². The summed E-state index contributed by atoms with van der Waals surface area (Å²) in [4.78, 5) is 12.7. The largest absolute Gasteiger partial charge is 0.287 e. The van der Waals surface area contributed by atoms with E-state index >= 15 is 0 Å². The van der Waals surface area contributed by atoms with Crippen LogP contribution in [0.5, 0.6) is 0 Å². The predicted molar refractivity (Wildman–Crippen MR) is 91.7 cm³/mol. The Bertz CT molecular complexity index is 802. The van der Waals surface area contributed by atoms with Crippen molar-refractivity contribution >= 4 is 44.3 Å². The highest BCUT2D eigenvalue weighted by Crippen LogP contribution is 2.22. The number of carbonyl (C=O) groups excluding carboxylic acids is 1. The molecule has 0 radical (unpaired) electrons. The van der Waals surface area contributed by atoms with Crippen molar-refractivity contribution in [2.75, 3.05) is 0 Å². The molecule has 1 heterocycles. The smallest absolute Gasteiger partial charge is 0.214 e. The molecule has 0 aliphatic rings. The molecule has 0 aliphatic heterocycles. The Labute approximate surface area is 143 Å². The zero-order valence-electron chi connectivity index (χ0n) is 10.7. The molecule has 0 fully saturated rings. The fourth-order valence-corrected chi connectivity index (χ4v) is 2.90. The predicted octanol–water partition coefficient (Wildman–Crippen LogP) is 3.87. The number of ketones is 1. The van der Waals surface area contributed by atoms with E-state index in [9.17, 15) is 4.79 Å². The van der Waals surface area contributed by atoms with Crippen molar-refractivity contribution in [3.05, 3.63) is 74.0 Å². The van der Waals surface area contributed by atoms with Gasteiger partial charge in [0.1, 0.15) is 5.69 Å². The lowest BCUT2D eigenvalue weighted by atomic mass is 10.1. The van der Waals surface area contributed by atoms with Crippen LogP contribution in [0.2, 0.25) is 0 Å². The van der Waals surface area contributed by atoms with Gasteiger partial charge in [-0.25, -0.2) is 4.68 Å². The minimum atomic E-state index is -0.102. The van der Waals surface area contributed by atoms with E-state index in [0.717, 1.165) is 13.7 Å². The Hall–Kier alpha value is -1.54. The Balaban J connectivity index is 2.08. The second kappa shape index (κ2) is 6.07. The van der Waals surface area contributed by atoms with Crippen LogP contribution >= 0.6 is 38.5 Å². The first-order chi connectivity index (χ1) is 10.2. The molecule has 1 aromatic heterocycles. The summed E-state index contributed by atoms with van der Waals surface area (Å²) in [5, 5.41) is 7.89. The maximum atomic E-state index is 12.7. The van der Waals surface area contributed by atoms with Crippen molar-refractivity contribution in [1.82, 2.24) is 15.0 Å².